The third-order valence-corrected chi connectivity index (χ3v) is 5.99. The van der Waals surface area contributed by atoms with Crippen LogP contribution in [0.1, 0.15) is 25.2 Å². The molecule has 1 aliphatic heterocycles. The number of hydrogen-bond donors (Lipinski definition) is 1. The molecule has 1 atom stereocenters. The van der Waals surface area contributed by atoms with Crippen LogP contribution in [0.5, 0.6) is 0 Å². The molecule has 3 rings (SSSR count). The Balaban J connectivity index is 1.50. The van der Waals surface area contributed by atoms with E-state index in [9.17, 15) is 13.2 Å². The highest BCUT2D eigenvalue weighted by molar-refractivity contribution is 7.88. The lowest BCUT2D eigenvalue weighted by Crippen LogP contribution is -2.49. The average Bonchev–Trinajstić information content (AvgIpc) is 3.09. The largest absolute Gasteiger partial charge is 0.441 e. The summed E-state index contributed by atoms with van der Waals surface area (Å²) in [6.45, 7) is 0.833. The van der Waals surface area contributed by atoms with Crippen molar-refractivity contribution < 1.29 is 17.6 Å². The number of nitrogens with one attached hydrogen (secondary N) is 1. The summed E-state index contributed by atoms with van der Waals surface area (Å²) in [5.74, 6) is 0.969. The van der Waals surface area contributed by atoms with E-state index in [2.05, 4.69) is 10.3 Å². The van der Waals surface area contributed by atoms with E-state index in [1.807, 2.05) is 12.1 Å². The molecule has 1 aliphatic rings. The first-order chi connectivity index (χ1) is 12.8. The van der Waals surface area contributed by atoms with Crippen LogP contribution in [0, 0.1) is 0 Å². The predicted octanol–water partition coefficient (Wildman–Crippen LogP) is 2.47. The Bertz CT molecular complexity index is 896. The Morgan fingerprint density at radius 2 is 2.11 bits per heavy atom. The van der Waals surface area contributed by atoms with E-state index in [1.165, 1.54) is 10.6 Å². The third-order valence-electron chi connectivity index (χ3n) is 4.47. The molecule has 1 N–H and O–H groups in total. The highest BCUT2D eigenvalue weighted by Crippen LogP contribution is 2.22. The van der Waals surface area contributed by atoms with E-state index >= 15 is 0 Å². The summed E-state index contributed by atoms with van der Waals surface area (Å²) < 4.78 is 30.4. The number of carbonyl (C=O) groups is 1. The van der Waals surface area contributed by atoms with Crippen LogP contribution in [0.2, 0.25) is 5.02 Å². The number of piperidine rings is 1. The number of amides is 1. The molecule has 1 aromatic carbocycles. The molecule has 0 spiro atoms. The zero-order valence-electron chi connectivity index (χ0n) is 15.0. The number of aromatic nitrogens is 1. The lowest BCUT2D eigenvalue weighted by atomic mass is 10.1. The van der Waals surface area contributed by atoms with Gasteiger partial charge in [0.05, 0.1) is 12.5 Å². The fourth-order valence-electron chi connectivity index (χ4n) is 3.06. The van der Waals surface area contributed by atoms with E-state index in [0.29, 0.717) is 36.2 Å². The minimum absolute atomic E-state index is 0.137. The highest BCUT2D eigenvalue weighted by atomic mass is 35.5. The molecule has 27 heavy (non-hydrogen) atoms. The number of oxazole rings is 1. The number of nitrogens with zero attached hydrogens (tertiary/aromatic N) is 2. The van der Waals surface area contributed by atoms with Crippen molar-refractivity contribution in [3.63, 3.8) is 0 Å². The summed E-state index contributed by atoms with van der Waals surface area (Å²) in [7, 11) is -3.23. The van der Waals surface area contributed by atoms with Crippen LogP contribution in [0.3, 0.4) is 0 Å². The molecule has 9 heteroatoms. The van der Waals surface area contributed by atoms with E-state index in [0.717, 1.165) is 18.4 Å². The standard InChI is InChI=1S/C18H22ClN3O4S/c1-27(24,25)22-10-2-3-15(12-22)21-17(23)8-9-18-20-11-16(26-18)13-4-6-14(19)7-5-13/h4-7,11,15H,2-3,8-10,12H2,1H3,(H,21,23). The summed E-state index contributed by atoms with van der Waals surface area (Å²) in [5.41, 5.74) is 0.866. The molecule has 1 aromatic heterocycles. The summed E-state index contributed by atoms with van der Waals surface area (Å²) in [6.07, 6.45) is 4.94. The summed E-state index contributed by atoms with van der Waals surface area (Å²) in [5, 5.41) is 3.55. The molecule has 0 radical (unpaired) electrons. The predicted molar refractivity (Wildman–Crippen MR) is 103 cm³/mol. The minimum atomic E-state index is -3.23. The summed E-state index contributed by atoms with van der Waals surface area (Å²) >= 11 is 5.88. The van der Waals surface area contributed by atoms with Gasteiger partial charge in [0.2, 0.25) is 15.9 Å². The van der Waals surface area contributed by atoms with Crippen LogP contribution in [-0.2, 0) is 21.2 Å². The molecule has 1 unspecified atom stereocenters. The van der Waals surface area contributed by atoms with Crippen molar-refractivity contribution in [2.45, 2.75) is 31.7 Å². The maximum atomic E-state index is 12.2. The van der Waals surface area contributed by atoms with Crippen LogP contribution in [-0.4, -0.2) is 49.0 Å². The molecular formula is C18H22ClN3O4S. The second-order valence-electron chi connectivity index (χ2n) is 6.65. The average molecular weight is 412 g/mol. The molecule has 0 saturated carbocycles. The van der Waals surface area contributed by atoms with E-state index in [-0.39, 0.29) is 18.4 Å². The molecular weight excluding hydrogens is 390 g/mol. The fourth-order valence-corrected chi connectivity index (χ4v) is 4.09. The smallest absolute Gasteiger partial charge is 0.220 e. The van der Waals surface area contributed by atoms with Crippen LogP contribution in [0.4, 0.5) is 0 Å². The van der Waals surface area contributed by atoms with Crippen LogP contribution >= 0.6 is 11.6 Å². The maximum absolute atomic E-state index is 12.2. The molecule has 1 fully saturated rings. The van der Waals surface area contributed by atoms with Gasteiger partial charge in [0.1, 0.15) is 0 Å². The van der Waals surface area contributed by atoms with Gasteiger partial charge in [-0.2, -0.15) is 0 Å². The number of benzene rings is 1. The number of aryl methyl sites for hydroxylation is 1. The summed E-state index contributed by atoms with van der Waals surface area (Å²) in [6, 6.07) is 7.08. The molecule has 0 aliphatic carbocycles. The van der Waals surface area contributed by atoms with E-state index in [4.69, 9.17) is 16.0 Å². The zero-order chi connectivity index (χ0) is 19.4. The van der Waals surface area contributed by atoms with Gasteiger partial charge >= 0.3 is 0 Å². The molecule has 1 saturated heterocycles. The molecule has 1 amide bonds. The van der Waals surface area contributed by atoms with E-state index < -0.39 is 10.0 Å². The number of sulfonamides is 1. The molecule has 2 heterocycles. The van der Waals surface area contributed by atoms with Gasteiger partial charge in [0.25, 0.3) is 0 Å². The quantitative estimate of drug-likeness (QED) is 0.788. The first kappa shape index (κ1) is 19.9. The highest BCUT2D eigenvalue weighted by Gasteiger charge is 2.26. The second-order valence-corrected chi connectivity index (χ2v) is 9.07. The van der Waals surface area contributed by atoms with Crippen molar-refractivity contribution in [2.75, 3.05) is 19.3 Å². The molecule has 0 bridgehead atoms. The van der Waals surface area contributed by atoms with Crippen LogP contribution < -0.4 is 5.32 Å². The molecule has 2 aromatic rings. The number of carbonyl (C=O) groups excluding carboxylic acids is 1. The SMILES string of the molecule is CS(=O)(=O)N1CCCC(NC(=O)CCc2ncc(-c3ccc(Cl)cc3)o2)C1. The fraction of sp³-hybridized carbons (Fsp3) is 0.444. The van der Waals surface area contributed by atoms with Crippen molar-refractivity contribution in [2.24, 2.45) is 0 Å². The van der Waals surface area contributed by atoms with Gasteiger partial charge in [-0.3, -0.25) is 4.79 Å². The Kier molecular flexibility index (Phi) is 6.18. The number of hydrogen-bond acceptors (Lipinski definition) is 5. The Morgan fingerprint density at radius 3 is 2.81 bits per heavy atom. The summed E-state index contributed by atoms with van der Waals surface area (Å²) in [4.78, 5) is 16.4. The normalized spacial score (nSPS) is 18.4. The Labute approximate surface area is 163 Å². The first-order valence-corrected chi connectivity index (χ1v) is 11.0. The number of halogens is 1. The zero-order valence-corrected chi connectivity index (χ0v) is 16.6. The van der Waals surface area contributed by atoms with Gasteiger partial charge in [0.15, 0.2) is 11.7 Å². The van der Waals surface area contributed by atoms with Crippen molar-refractivity contribution >= 4 is 27.5 Å². The second kappa shape index (κ2) is 8.41. The topological polar surface area (TPSA) is 92.5 Å². The first-order valence-electron chi connectivity index (χ1n) is 8.76. The van der Waals surface area contributed by atoms with Gasteiger partial charge in [-0.25, -0.2) is 17.7 Å². The third kappa shape index (κ3) is 5.54. The molecule has 7 nitrogen and oxygen atoms in total. The van der Waals surface area contributed by atoms with Gasteiger partial charge in [-0.15, -0.1) is 0 Å². The van der Waals surface area contributed by atoms with Crippen molar-refractivity contribution in [3.8, 4) is 11.3 Å². The van der Waals surface area contributed by atoms with Crippen molar-refractivity contribution in [1.82, 2.24) is 14.6 Å². The van der Waals surface area contributed by atoms with Gasteiger partial charge in [-0.1, -0.05) is 11.6 Å². The lowest BCUT2D eigenvalue weighted by molar-refractivity contribution is -0.122. The Morgan fingerprint density at radius 1 is 1.37 bits per heavy atom. The Hall–Kier alpha value is -1.90. The monoisotopic (exact) mass is 411 g/mol. The number of rotatable bonds is 6. The molecule has 146 valence electrons. The van der Waals surface area contributed by atoms with Gasteiger partial charge in [0, 0.05) is 42.6 Å². The van der Waals surface area contributed by atoms with Gasteiger partial charge < -0.3 is 9.73 Å². The van der Waals surface area contributed by atoms with Crippen LogP contribution in [0.25, 0.3) is 11.3 Å². The van der Waals surface area contributed by atoms with Crippen molar-refractivity contribution in [1.29, 1.82) is 0 Å². The van der Waals surface area contributed by atoms with Gasteiger partial charge in [-0.05, 0) is 37.1 Å². The van der Waals surface area contributed by atoms with E-state index in [1.54, 1.807) is 18.3 Å². The lowest BCUT2D eigenvalue weighted by Gasteiger charge is -2.31. The minimum Gasteiger partial charge on any atom is -0.441 e. The maximum Gasteiger partial charge on any atom is 0.220 e. The van der Waals surface area contributed by atoms with Crippen LogP contribution in [0.15, 0.2) is 34.9 Å². The van der Waals surface area contributed by atoms with Crippen molar-refractivity contribution in [3.05, 3.63) is 41.4 Å².